The van der Waals surface area contributed by atoms with E-state index in [0.29, 0.717) is 21.3 Å². The Bertz CT molecular complexity index is 490. The number of aromatic nitrogens is 1. The van der Waals surface area contributed by atoms with E-state index in [-0.39, 0.29) is 0 Å². The number of carbonyl (C=O) groups is 1. The highest BCUT2D eigenvalue weighted by Gasteiger charge is 2.11. The van der Waals surface area contributed by atoms with E-state index >= 15 is 0 Å². The number of benzene rings is 1. The van der Waals surface area contributed by atoms with Crippen LogP contribution >= 0.6 is 34.5 Å². The third-order valence-electron chi connectivity index (χ3n) is 1.83. The lowest BCUT2D eigenvalue weighted by atomic mass is 10.2. The molecule has 2 nitrogen and oxygen atoms in total. The van der Waals surface area contributed by atoms with Crippen LogP contribution in [0, 0.1) is 0 Å². The van der Waals surface area contributed by atoms with Crippen molar-refractivity contribution in [2.45, 2.75) is 0 Å². The van der Waals surface area contributed by atoms with Crippen LogP contribution in [0.5, 0.6) is 0 Å². The fraction of sp³-hybridized carbons (Fsp3) is 0. The molecule has 0 N–H and O–H groups in total. The Morgan fingerprint density at radius 1 is 1.27 bits per heavy atom. The predicted molar refractivity (Wildman–Crippen MR) is 63.0 cm³/mol. The second kappa shape index (κ2) is 4.31. The number of rotatable bonds is 2. The maximum atomic E-state index is 10.5. The van der Waals surface area contributed by atoms with E-state index in [1.807, 2.05) is 0 Å². The summed E-state index contributed by atoms with van der Waals surface area (Å²) < 4.78 is 0. The molecule has 0 unspecified atom stereocenters. The number of hydrogen-bond donors (Lipinski definition) is 0. The first-order chi connectivity index (χ1) is 7.22. The lowest BCUT2D eigenvalue weighted by molar-refractivity contribution is 0.112. The first kappa shape index (κ1) is 10.6. The van der Waals surface area contributed by atoms with Crippen molar-refractivity contribution in [1.82, 2.24) is 4.98 Å². The maximum Gasteiger partial charge on any atom is 0.178 e. The maximum absolute atomic E-state index is 10.5. The molecule has 0 bridgehead atoms. The molecular weight excluding hydrogens is 253 g/mol. The molecule has 1 aromatic heterocycles. The lowest BCUT2D eigenvalue weighted by Gasteiger charge is -2.02. The molecule has 0 saturated carbocycles. The molecule has 1 heterocycles. The SMILES string of the molecule is O=Cc1ncc(-c2c(Cl)cccc2Cl)s1. The molecule has 0 saturated heterocycles. The molecule has 1 aromatic carbocycles. The average Bonchev–Trinajstić information content (AvgIpc) is 2.66. The molecule has 0 spiro atoms. The van der Waals surface area contributed by atoms with Crippen molar-refractivity contribution in [3.63, 3.8) is 0 Å². The third-order valence-corrected chi connectivity index (χ3v) is 3.40. The molecule has 0 aliphatic heterocycles. The predicted octanol–water partition coefficient (Wildman–Crippen LogP) is 3.93. The first-order valence-corrected chi connectivity index (χ1v) is 5.65. The van der Waals surface area contributed by atoms with Gasteiger partial charge in [0.2, 0.25) is 0 Å². The minimum absolute atomic E-state index is 0.418. The second-order valence-corrected chi connectivity index (χ2v) is 4.65. The highest BCUT2D eigenvalue weighted by molar-refractivity contribution is 7.16. The van der Waals surface area contributed by atoms with Crippen molar-refractivity contribution in [3.05, 3.63) is 39.4 Å². The van der Waals surface area contributed by atoms with E-state index in [9.17, 15) is 4.79 Å². The summed E-state index contributed by atoms with van der Waals surface area (Å²) in [6.07, 6.45) is 2.31. The van der Waals surface area contributed by atoms with Crippen LogP contribution in [0.15, 0.2) is 24.4 Å². The van der Waals surface area contributed by atoms with Gasteiger partial charge in [-0.2, -0.15) is 0 Å². The molecule has 2 aromatic rings. The zero-order chi connectivity index (χ0) is 10.8. The van der Waals surface area contributed by atoms with Gasteiger partial charge in [0, 0.05) is 11.8 Å². The number of aldehydes is 1. The summed E-state index contributed by atoms with van der Waals surface area (Å²) in [5, 5.41) is 1.54. The zero-order valence-corrected chi connectivity index (χ0v) is 9.73. The van der Waals surface area contributed by atoms with Crippen molar-refractivity contribution in [2.75, 3.05) is 0 Å². The van der Waals surface area contributed by atoms with Crippen molar-refractivity contribution in [3.8, 4) is 10.4 Å². The topological polar surface area (TPSA) is 30.0 Å². The minimum Gasteiger partial charge on any atom is -0.295 e. The van der Waals surface area contributed by atoms with Crippen molar-refractivity contribution < 1.29 is 4.79 Å². The molecule has 15 heavy (non-hydrogen) atoms. The molecule has 0 atom stereocenters. The number of halogens is 2. The Labute approximate surface area is 100 Å². The van der Waals surface area contributed by atoms with Crippen molar-refractivity contribution in [1.29, 1.82) is 0 Å². The van der Waals surface area contributed by atoms with Crippen molar-refractivity contribution >= 4 is 40.8 Å². The van der Waals surface area contributed by atoms with Gasteiger partial charge in [0.05, 0.1) is 14.9 Å². The molecule has 0 aliphatic carbocycles. The largest absolute Gasteiger partial charge is 0.295 e. The van der Waals surface area contributed by atoms with Crippen LogP contribution in [0.25, 0.3) is 10.4 Å². The van der Waals surface area contributed by atoms with E-state index in [4.69, 9.17) is 23.2 Å². The monoisotopic (exact) mass is 257 g/mol. The Kier molecular flexibility index (Phi) is 3.05. The molecule has 0 aliphatic rings. The van der Waals surface area contributed by atoms with Gasteiger partial charge in [-0.15, -0.1) is 11.3 Å². The normalized spacial score (nSPS) is 10.3. The smallest absolute Gasteiger partial charge is 0.178 e. The number of nitrogens with zero attached hydrogens (tertiary/aromatic N) is 1. The summed E-state index contributed by atoms with van der Waals surface area (Å²) >= 11 is 13.3. The van der Waals surface area contributed by atoms with Crippen molar-refractivity contribution in [2.24, 2.45) is 0 Å². The van der Waals surface area contributed by atoms with Gasteiger partial charge in [-0.1, -0.05) is 29.3 Å². The van der Waals surface area contributed by atoms with E-state index in [0.717, 1.165) is 10.4 Å². The summed E-state index contributed by atoms with van der Waals surface area (Å²) in [5.74, 6) is 0. The van der Waals surface area contributed by atoms with Gasteiger partial charge in [0.1, 0.15) is 0 Å². The number of thiazole rings is 1. The summed E-state index contributed by atoms with van der Waals surface area (Å²) in [6, 6.07) is 5.28. The molecule has 76 valence electrons. The van der Waals surface area contributed by atoms with Crippen LogP contribution in [0.2, 0.25) is 10.0 Å². The minimum atomic E-state index is 0.418. The summed E-state index contributed by atoms with van der Waals surface area (Å²) in [6.45, 7) is 0. The number of carbonyl (C=O) groups excluding carboxylic acids is 1. The van der Waals surface area contributed by atoms with E-state index in [1.54, 1.807) is 24.4 Å². The summed E-state index contributed by atoms with van der Waals surface area (Å²) in [7, 11) is 0. The van der Waals surface area contributed by atoms with Gasteiger partial charge >= 0.3 is 0 Å². The Balaban J connectivity index is 2.58. The van der Waals surface area contributed by atoms with E-state index in [1.165, 1.54) is 11.3 Å². The summed E-state index contributed by atoms with van der Waals surface area (Å²) in [4.78, 5) is 15.2. The molecule has 0 amide bonds. The standard InChI is InChI=1S/C10H5Cl2NOS/c11-6-2-1-3-7(12)10(6)8-4-13-9(5-14)15-8/h1-5H. The molecule has 2 rings (SSSR count). The lowest BCUT2D eigenvalue weighted by Crippen LogP contribution is -1.76. The Hall–Kier alpha value is -0.900. The van der Waals surface area contributed by atoms with Gasteiger partial charge in [0.15, 0.2) is 11.3 Å². The Morgan fingerprint density at radius 3 is 2.47 bits per heavy atom. The van der Waals surface area contributed by atoms with Gasteiger partial charge in [-0.05, 0) is 12.1 Å². The first-order valence-electron chi connectivity index (χ1n) is 4.08. The highest BCUT2D eigenvalue weighted by atomic mass is 35.5. The van der Waals surface area contributed by atoms with E-state index < -0.39 is 0 Å². The summed E-state index contributed by atoms with van der Waals surface area (Å²) in [5.41, 5.74) is 0.728. The highest BCUT2D eigenvalue weighted by Crippen LogP contribution is 2.37. The average molecular weight is 258 g/mol. The Morgan fingerprint density at radius 2 is 1.93 bits per heavy atom. The fourth-order valence-electron chi connectivity index (χ4n) is 1.19. The number of hydrogen-bond acceptors (Lipinski definition) is 3. The van der Waals surface area contributed by atoms with E-state index in [2.05, 4.69) is 4.98 Å². The van der Waals surface area contributed by atoms with Crippen LogP contribution in [0.4, 0.5) is 0 Å². The van der Waals surface area contributed by atoms with Gasteiger partial charge < -0.3 is 0 Å². The zero-order valence-electron chi connectivity index (χ0n) is 7.41. The van der Waals surface area contributed by atoms with Crippen LogP contribution in [-0.2, 0) is 0 Å². The van der Waals surface area contributed by atoms with Crippen LogP contribution in [0.1, 0.15) is 9.80 Å². The third kappa shape index (κ3) is 2.04. The fourth-order valence-corrected chi connectivity index (χ4v) is 2.71. The molecule has 0 radical (unpaired) electrons. The second-order valence-electron chi connectivity index (χ2n) is 2.78. The molecule has 5 heteroatoms. The van der Waals surface area contributed by atoms with Crippen LogP contribution in [0.3, 0.4) is 0 Å². The molecular formula is C10H5Cl2NOS. The quantitative estimate of drug-likeness (QED) is 0.764. The van der Waals surface area contributed by atoms with Gasteiger partial charge in [0.25, 0.3) is 0 Å². The van der Waals surface area contributed by atoms with Crippen LogP contribution in [-0.4, -0.2) is 11.3 Å². The van der Waals surface area contributed by atoms with Crippen LogP contribution < -0.4 is 0 Å². The van der Waals surface area contributed by atoms with Gasteiger partial charge in [-0.25, -0.2) is 4.98 Å². The van der Waals surface area contributed by atoms with Gasteiger partial charge in [-0.3, -0.25) is 4.79 Å². The molecule has 0 fully saturated rings.